The molecular weight excluding hydrogens is 543 g/mol. The van der Waals surface area contributed by atoms with Crippen LogP contribution in [0.3, 0.4) is 0 Å². The van der Waals surface area contributed by atoms with Crippen LogP contribution in [0.4, 0.5) is 17.6 Å². The molecule has 1 aliphatic rings. The van der Waals surface area contributed by atoms with Crippen LogP contribution in [0.25, 0.3) is 5.52 Å². The number of likely N-dealkylation sites (N-methyl/N-ethyl adjacent to an activating group) is 1. The Morgan fingerprint density at radius 2 is 1.78 bits per heavy atom. The summed E-state index contributed by atoms with van der Waals surface area (Å²) in [6.45, 7) is 2.84. The predicted molar refractivity (Wildman–Crippen MR) is 129 cm³/mol. The van der Waals surface area contributed by atoms with Gasteiger partial charge in [-0.3, -0.25) is 14.0 Å². The molecule has 0 unspecified atom stereocenters. The van der Waals surface area contributed by atoms with E-state index in [1.807, 2.05) is 7.05 Å². The first-order valence-electron chi connectivity index (χ1n) is 10.9. The maximum atomic E-state index is 14.5. The van der Waals surface area contributed by atoms with Crippen molar-refractivity contribution >= 4 is 40.6 Å². The van der Waals surface area contributed by atoms with E-state index in [2.05, 4.69) is 9.88 Å². The van der Waals surface area contributed by atoms with Gasteiger partial charge in [0.15, 0.2) is 0 Å². The second kappa shape index (κ2) is 11.5. The lowest BCUT2D eigenvalue weighted by atomic mass is 10.0. The van der Waals surface area contributed by atoms with Crippen LogP contribution in [0.5, 0.6) is 0 Å². The van der Waals surface area contributed by atoms with Gasteiger partial charge in [0.25, 0.3) is 11.5 Å². The first-order chi connectivity index (χ1) is 17.3. The first-order valence-corrected chi connectivity index (χ1v) is 11.7. The fourth-order valence-corrected chi connectivity index (χ4v) is 4.24. The largest absolute Gasteiger partial charge is 0.490 e. The minimum atomic E-state index is -5.08. The number of carboxylic acids is 1. The number of hydrogen-bond donors (Lipinski definition) is 2. The lowest BCUT2D eigenvalue weighted by molar-refractivity contribution is -0.192. The molecule has 1 fully saturated rings. The molecule has 37 heavy (non-hydrogen) atoms. The summed E-state index contributed by atoms with van der Waals surface area (Å²) in [4.78, 5) is 40.5. The van der Waals surface area contributed by atoms with E-state index >= 15 is 0 Å². The lowest BCUT2D eigenvalue weighted by Crippen LogP contribution is -2.35. The van der Waals surface area contributed by atoms with Crippen LogP contribution < -0.4 is 5.56 Å². The number of carbonyl (C=O) groups excluding carboxylic acids is 1. The molecule has 1 aliphatic heterocycles. The topological polar surface area (TPSA) is 98.1 Å². The zero-order valence-electron chi connectivity index (χ0n) is 19.4. The van der Waals surface area contributed by atoms with Gasteiger partial charge in [-0.15, -0.1) is 0 Å². The van der Waals surface area contributed by atoms with E-state index in [0.717, 1.165) is 25.1 Å². The third-order valence-corrected chi connectivity index (χ3v) is 6.44. The van der Waals surface area contributed by atoms with E-state index in [0.29, 0.717) is 30.7 Å². The Morgan fingerprint density at radius 1 is 1.11 bits per heavy atom. The summed E-state index contributed by atoms with van der Waals surface area (Å²) in [7, 11) is 2.01. The van der Waals surface area contributed by atoms with Gasteiger partial charge in [-0.2, -0.15) is 13.2 Å². The summed E-state index contributed by atoms with van der Waals surface area (Å²) < 4.78 is 47.8. The van der Waals surface area contributed by atoms with Crippen molar-refractivity contribution < 1.29 is 32.3 Å². The number of nitrogens with zero attached hydrogens (tertiary/aromatic N) is 3. The van der Waals surface area contributed by atoms with Crippen molar-refractivity contribution in [3.05, 3.63) is 73.6 Å². The molecule has 1 amide bonds. The van der Waals surface area contributed by atoms with E-state index < -0.39 is 18.0 Å². The number of carboxylic acid groups (broad SMARTS) is 1. The average Bonchev–Trinajstić information content (AvgIpc) is 2.99. The smallest absolute Gasteiger partial charge is 0.475 e. The van der Waals surface area contributed by atoms with Gasteiger partial charge in [0.05, 0.1) is 10.6 Å². The van der Waals surface area contributed by atoms with Crippen LogP contribution in [0.2, 0.25) is 10.2 Å². The number of halogens is 6. The summed E-state index contributed by atoms with van der Waals surface area (Å²) >= 11 is 12.4. The molecule has 1 saturated heterocycles. The molecule has 8 nitrogen and oxygen atoms in total. The molecule has 1 aromatic carbocycles. The number of fused-ring (bicyclic) bond motifs is 1. The van der Waals surface area contributed by atoms with E-state index in [1.54, 1.807) is 27.6 Å². The van der Waals surface area contributed by atoms with Gasteiger partial charge in [-0.1, -0.05) is 29.3 Å². The molecule has 3 heterocycles. The third-order valence-electron chi connectivity index (χ3n) is 5.68. The summed E-state index contributed by atoms with van der Waals surface area (Å²) in [6.07, 6.45) is -2.35. The molecular formula is C23H22Cl2F4N4O4. The predicted octanol–water partition coefficient (Wildman–Crippen LogP) is 4.08. The maximum absolute atomic E-state index is 14.5. The summed E-state index contributed by atoms with van der Waals surface area (Å²) in [5.74, 6) is -3.61. The van der Waals surface area contributed by atoms with Crippen LogP contribution in [0, 0.1) is 5.82 Å². The molecule has 2 N–H and O–H groups in total. The quantitative estimate of drug-likeness (QED) is 0.467. The van der Waals surface area contributed by atoms with Gasteiger partial charge in [-0.05, 0) is 43.8 Å². The van der Waals surface area contributed by atoms with Crippen molar-refractivity contribution in [3.8, 4) is 0 Å². The van der Waals surface area contributed by atoms with E-state index in [1.165, 1.54) is 12.1 Å². The molecule has 2 aromatic heterocycles. The number of alkyl halides is 3. The zero-order chi connectivity index (χ0) is 27.5. The fourth-order valence-electron chi connectivity index (χ4n) is 3.80. The summed E-state index contributed by atoms with van der Waals surface area (Å²) in [5, 5.41) is 7.63. The second-order valence-electron chi connectivity index (χ2n) is 8.36. The molecule has 0 aliphatic carbocycles. The SMILES string of the molecule is CN1CCCN(C(=O)c2cc(Cc3c[nH]c(=O)c4cc(Cl)c(Cl)n34)ccc2F)CC1.O=C(O)C(F)(F)F. The van der Waals surface area contributed by atoms with E-state index in [9.17, 15) is 27.2 Å². The van der Waals surface area contributed by atoms with Crippen molar-refractivity contribution in [2.75, 3.05) is 33.2 Å². The number of rotatable bonds is 3. The Kier molecular flexibility index (Phi) is 8.88. The highest BCUT2D eigenvalue weighted by Gasteiger charge is 2.38. The van der Waals surface area contributed by atoms with Gasteiger partial charge in [0.2, 0.25) is 0 Å². The van der Waals surface area contributed by atoms with Gasteiger partial charge >= 0.3 is 12.1 Å². The molecule has 3 aromatic rings. The molecule has 14 heteroatoms. The average molecular weight is 565 g/mol. The molecule has 4 rings (SSSR count). The second-order valence-corrected chi connectivity index (χ2v) is 9.12. The van der Waals surface area contributed by atoms with Gasteiger partial charge in [0.1, 0.15) is 16.5 Å². The highest BCUT2D eigenvalue weighted by atomic mass is 35.5. The van der Waals surface area contributed by atoms with Crippen LogP contribution in [0.1, 0.15) is 28.0 Å². The van der Waals surface area contributed by atoms with Gasteiger partial charge < -0.3 is 19.9 Å². The molecule has 0 saturated carbocycles. The fraction of sp³-hybridized carbons (Fsp3) is 0.348. The monoisotopic (exact) mass is 564 g/mol. The maximum Gasteiger partial charge on any atom is 0.490 e. The molecule has 0 radical (unpaired) electrons. The van der Waals surface area contributed by atoms with Crippen LogP contribution >= 0.6 is 23.2 Å². The summed E-state index contributed by atoms with van der Waals surface area (Å²) in [6, 6.07) is 6.00. The van der Waals surface area contributed by atoms with Crippen molar-refractivity contribution in [2.24, 2.45) is 0 Å². The first kappa shape index (κ1) is 28.5. The highest BCUT2D eigenvalue weighted by molar-refractivity contribution is 6.42. The number of nitrogens with one attached hydrogen (secondary N) is 1. The third kappa shape index (κ3) is 6.82. The number of carbonyl (C=O) groups is 2. The van der Waals surface area contributed by atoms with Crippen LogP contribution in [-0.2, 0) is 11.2 Å². The van der Waals surface area contributed by atoms with E-state index in [-0.39, 0.29) is 27.2 Å². The lowest BCUT2D eigenvalue weighted by Gasteiger charge is -2.21. The van der Waals surface area contributed by atoms with Crippen LogP contribution in [0.15, 0.2) is 35.3 Å². The number of amides is 1. The number of aromatic nitrogens is 2. The van der Waals surface area contributed by atoms with E-state index in [4.69, 9.17) is 33.1 Å². The molecule has 0 spiro atoms. The van der Waals surface area contributed by atoms with Gasteiger partial charge in [-0.25, -0.2) is 9.18 Å². The molecule has 0 atom stereocenters. The van der Waals surface area contributed by atoms with Crippen molar-refractivity contribution in [3.63, 3.8) is 0 Å². The number of benzene rings is 1. The molecule has 200 valence electrons. The number of aliphatic carboxylic acids is 1. The normalized spacial score (nSPS) is 14.7. The van der Waals surface area contributed by atoms with Crippen molar-refractivity contribution in [1.29, 1.82) is 0 Å². The number of aromatic amines is 1. The number of hydrogen-bond acceptors (Lipinski definition) is 4. The van der Waals surface area contributed by atoms with Crippen molar-refractivity contribution in [2.45, 2.75) is 19.0 Å². The Bertz CT molecular complexity index is 1370. The minimum Gasteiger partial charge on any atom is -0.475 e. The van der Waals surface area contributed by atoms with Gasteiger partial charge in [0, 0.05) is 37.9 Å². The molecule has 0 bridgehead atoms. The zero-order valence-corrected chi connectivity index (χ0v) is 20.9. The Balaban J connectivity index is 0.000000479. The Hall–Kier alpha value is -3.09. The Morgan fingerprint density at radius 3 is 2.43 bits per heavy atom. The summed E-state index contributed by atoms with van der Waals surface area (Å²) in [5.41, 5.74) is 1.46. The van der Waals surface area contributed by atoms with Crippen molar-refractivity contribution in [1.82, 2.24) is 19.2 Å². The number of H-pyrrole nitrogens is 1. The Labute approximate surface area is 218 Å². The highest BCUT2D eigenvalue weighted by Crippen LogP contribution is 2.27. The van der Waals surface area contributed by atoms with Crippen LogP contribution in [-0.4, -0.2) is 75.6 Å². The minimum absolute atomic E-state index is 0.0503. The standard InChI is InChI=1S/C21H21Cl2FN4O2.C2HF3O2/c1-26-5-2-6-27(8-7-26)21(30)15-10-13(3-4-17(15)24)9-14-12-25-20(29)18-11-16(22)19(23)28(14)18;3-2(4,5)1(6)7/h3-4,10-12H,2,5-9H2,1H3,(H,25,29);(H,6,7).